The number of anilines is 1. The Bertz CT molecular complexity index is 730. The molecule has 0 N–H and O–H groups in total. The van der Waals surface area contributed by atoms with Crippen molar-refractivity contribution in [3.8, 4) is 0 Å². The molecule has 2 heterocycles. The second kappa shape index (κ2) is 5.43. The Labute approximate surface area is 122 Å². The third kappa shape index (κ3) is 2.70. The maximum Gasteiger partial charge on any atom is 0.147 e. The van der Waals surface area contributed by atoms with Crippen molar-refractivity contribution in [1.29, 1.82) is 0 Å². The third-order valence-electron chi connectivity index (χ3n) is 3.03. The maximum absolute atomic E-state index is 5.94. The van der Waals surface area contributed by atoms with Gasteiger partial charge in [0.1, 0.15) is 5.82 Å². The van der Waals surface area contributed by atoms with Crippen LogP contribution in [0.25, 0.3) is 11.0 Å². The van der Waals surface area contributed by atoms with Crippen LogP contribution in [0.15, 0.2) is 48.9 Å². The molecule has 0 saturated carbocycles. The minimum Gasteiger partial charge on any atom is -0.354 e. The number of benzene rings is 1. The molecule has 100 valence electrons. The topological polar surface area (TPSA) is 41.9 Å². The van der Waals surface area contributed by atoms with Crippen molar-refractivity contribution in [3.05, 3.63) is 59.5 Å². The minimum absolute atomic E-state index is 0.670. The molecule has 3 aromatic rings. The summed E-state index contributed by atoms with van der Waals surface area (Å²) in [6.45, 7) is 0.738. The molecule has 0 unspecified atom stereocenters. The molecule has 5 heteroatoms. The van der Waals surface area contributed by atoms with Crippen molar-refractivity contribution in [1.82, 2.24) is 15.0 Å². The second-order valence-electron chi connectivity index (χ2n) is 4.58. The average Bonchev–Trinajstić information content (AvgIpc) is 2.47. The van der Waals surface area contributed by atoms with E-state index in [4.69, 9.17) is 11.6 Å². The molecular formula is C15H13ClN4. The van der Waals surface area contributed by atoms with Crippen LogP contribution in [-0.4, -0.2) is 22.0 Å². The Kier molecular flexibility index (Phi) is 3.48. The van der Waals surface area contributed by atoms with Gasteiger partial charge in [-0.05, 0) is 29.8 Å². The van der Waals surface area contributed by atoms with E-state index >= 15 is 0 Å². The lowest BCUT2D eigenvalue weighted by molar-refractivity contribution is 0.891. The van der Waals surface area contributed by atoms with Crippen LogP contribution >= 0.6 is 11.6 Å². The fraction of sp³-hybridized carbons (Fsp3) is 0.133. The van der Waals surface area contributed by atoms with E-state index in [-0.39, 0.29) is 0 Å². The number of nitrogens with zero attached hydrogens (tertiary/aromatic N) is 4. The summed E-state index contributed by atoms with van der Waals surface area (Å²) in [6.07, 6.45) is 5.38. The van der Waals surface area contributed by atoms with E-state index < -0.39 is 0 Å². The van der Waals surface area contributed by atoms with Gasteiger partial charge in [-0.3, -0.25) is 9.97 Å². The van der Waals surface area contributed by atoms with E-state index in [9.17, 15) is 0 Å². The summed E-state index contributed by atoms with van der Waals surface area (Å²) in [6, 6.07) is 9.49. The van der Waals surface area contributed by atoms with Gasteiger partial charge in [-0.15, -0.1) is 0 Å². The SMILES string of the molecule is CN(Cc1cccnc1)c1cnc2cc(Cl)ccc2n1. The molecule has 0 aliphatic heterocycles. The number of pyridine rings is 1. The smallest absolute Gasteiger partial charge is 0.147 e. The Morgan fingerprint density at radius 2 is 2.05 bits per heavy atom. The van der Waals surface area contributed by atoms with Gasteiger partial charge in [-0.2, -0.15) is 0 Å². The first-order chi connectivity index (χ1) is 9.72. The molecule has 0 radical (unpaired) electrons. The van der Waals surface area contributed by atoms with Crippen LogP contribution in [0.3, 0.4) is 0 Å². The molecule has 0 saturated heterocycles. The first kappa shape index (κ1) is 12.8. The molecule has 0 amide bonds. The molecule has 2 aromatic heterocycles. The van der Waals surface area contributed by atoms with Crippen LogP contribution in [0.5, 0.6) is 0 Å². The summed E-state index contributed by atoms with van der Waals surface area (Å²) in [5.74, 6) is 0.823. The molecule has 1 aromatic carbocycles. The summed E-state index contributed by atoms with van der Waals surface area (Å²) < 4.78 is 0. The van der Waals surface area contributed by atoms with Gasteiger partial charge in [-0.1, -0.05) is 17.7 Å². The predicted octanol–water partition coefficient (Wildman–Crippen LogP) is 3.31. The normalized spacial score (nSPS) is 10.7. The first-order valence-electron chi connectivity index (χ1n) is 6.25. The molecular weight excluding hydrogens is 272 g/mol. The molecule has 0 aliphatic rings. The van der Waals surface area contributed by atoms with E-state index in [0.717, 1.165) is 29.0 Å². The maximum atomic E-state index is 5.94. The standard InChI is InChI=1S/C15H13ClN4/c1-20(10-11-3-2-6-17-8-11)15-9-18-14-7-12(16)4-5-13(14)19-15/h2-9H,10H2,1H3. The van der Waals surface area contributed by atoms with Gasteiger partial charge in [0.15, 0.2) is 0 Å². The highest BCUT2D eigenvalue weighted by atomic mass is 35.5. The van der Waals surface area contributed by atoms with Crippen LogP contribution in [0.2, 0.25) is 5.02 Å². The Morgan fingerprint density at radius 1 is 1.15 bits per heavy atom. The van der Waals surface area contributed by atoms with Gasteiger partial charge in [0.05, 0.1) is 17.2 Å². The first-order valence-corrected chi connectivity index (χ1v) is 6.62. The second-order valence-corrected chi connectivity index (χ2v) is 5.02. The third-order valence-corrected chi connectivity index (χ3v) is 3.26. The zero-order valence-electron chi connectivity index (χ0n) is 11.0. The average molecular weight is 285 g/mol. The van der Waals surface area contributed by atoms with Crippen molar-refractivity contribution < 1.29 is 0 Å². The molecule has 0 aliphatic carbocycles. The van der Waals surface area contributed by atoms with Gasteiger partial charge in [0.25, 0.3) is 0 Å². The molecule has 0 atom stereocenters. The summed E-state index contributed by atoms with van der Waals surface area (Å²) in [4.78, 5) is 15.2. The molecule has 0 spiro atoms. The summed E-state index contributed by atoms with van der Waals surface area (Å²) in [5.41, 5.74) is 2.77. The lowest BCUT2D eigenvalue weighted by Crippen LogP contribution is -2.18. The molecule has 3 rings (SSSR count). The summed E-state index contributed by atoms with van der Waals surface area (Å²) in [7, 11) is 1.98. The van der Waals surface area contributed by atoms with Gasteiger partial charge >= 0.3 is 0 Å². The molecule has 0 fully saturated rings. The highest BCUT2D eigenvalue weighted by Crippen LogP contribution is 2.19. The molecule has 20 heavy (non-hydrogen) atoms. The van der Waals surface area contributed by atoms with Crippen molar-refractivity contribution >= 4 is 28.5 Å². The highest BCUT2D eigenvalue weighted by Gasteiger charge is 2.06. The van der Waals surface area contributed by atoms with Crippen molar-refractivity contribution in [3.63, 3.8) is 0 Å². The van der Waals surface area contributed by atoms with Crippen molar-refractivity contribution in [2.24, 2.45) is 0 Å². The number of halogens is 1. The van der Waals surface area contributed by atoms with E-state index in [1.807, 2.05) is 48.5 Å². The van der Waals surface area contributed by atoms with Crippen molar-refractivity contribution in [2.45, 2.75) is 6.54 Å². The Hall–Kier alpha value is -2.20. The minimum atomic E-state index is 0.670. The highest BCUT2D eigenvalue weighted by molar-refractivity contribution is 6.31. The number of hydrogen-bond donors (Lipinski definition) is 0. The molecule has 0 bridgehead atoms. The quantitative estimate of drug-likeness (QED) is 0.740. The Morgan fingerprint density at radius 3 is 2.85 bits per heavy atom. The van der Waals surface area contributed by atoms with Crippen molar-refractivity contribution in [2.75, 3.05) is 11.9 Å². The van der Waals surface area contributed by atoms with E-state index in [0.29, 0.717) is 5.02 Å². The van der Waals surface area contributed by atoms with E-state index in [1.54, 1.807) is 12.4 Å². The summed E-state index contributed by atoms with van der Waals surface area (Å²) in [5, 5.41) is 0.670. The summed E-state index contributed by atoms with van der Waals surface area (Å²) >= 11 is 5.94. The number of aromatic nitrogens is 3. The van der Waals surface area contributed by atoms with Gasteiger partial charge in [0, 0.05) is 31.0 Å². The van der Waals surface area contributed by atoms with Crippen LogP contribution in [-0.2, 0) is 6.54 Å². The van der Waals surface area contributed by atoms with Crippen LogP contribution < -0.4 is 4.90 Å². The lowest BCUT2D eigenvalue weighted by Gasteiger charge is -2.17. The number of hydrogen-bond acceptors (Lipinski definition) is 4. The van der Waals surface area contributed by atoms with Gasteiger partial charge < -0.3 is 4.90 Å². The predicted molar refractivity (Wildman–Crippen MR) is 80.9 cm³/mol. The molecule has 4 nitrogen and oxygen atoms in total. The fourth-order valence-electron chi connectivity index (χ4n) is 2.00. The Balaban J connectivity index is 1.88. The zero-order chi connectivity index (χ0) is 13.9. The number of fused-ring (bicyclic) bond motifs is 1. The van der Waals surface area contributed by atoms with E-state index in [1.165, 1.54) is 0 Å². The fourth-order valence-corrected chi connectivity index (χ4v) is 2.17. The zero-order valence-corrected chi connectivity index (χ0v) is 11.7. The van der Waals surface area contributed by atoms with Crippen LogP contribution in [0.1, 0.15) is 5.56 Å². The largest absolute Gasteiger partial charge is 0.354 e. The van der Waals surface area contributed by atoms with Gasteiger partial charge in [-0.25, -0.2) is 4.98 Å². The van der Waals surface area contributed by atoms with E-state index in [2.05, 4.69) is 15.0 Å². The van der Waals surface area contributed by atoms with Crippen LogP contribution in [0.4, 0.5) is 5.82 Å². The van der Waals surface area contributed by atoms with Crippen LogP contribution in [0, 0.1) is 0 Å². The lowest BCUT2D eigenvalue weighted by atomic mass is 10.2. The monoisotopic (exact) mass is 284 g/mol. The number of rotatable bonds is 3. The van der Waals surface area contributed by atoms with Gasteiger partial charge in [0.2, 0.25) is 0 Å².